The van der Waals surface area contributed by atoms with E-state index in [2.05, 4.69) is 19.8 Å². The highest BCUT2D eigenvalue weighted by molar-refractivity contribution is 5.91. The Kier molecular flexibility index (Phi) is 3.34. The van der Waals surface area contributed by atoms with Crippen molar-refractivity contribution in [2.24, 2.45) is 34.5 Å². The Balaban J connectivity index is 1.72. The fourth-order valence-electron chi connectivity index (χ4n) is 6.88. The minimum absolute atomic E-state index is 0.0196. The minimum Gasteiger partial charge on any atom is -0.389 e. The molecule has 4 rings (SSSR count). The van der Waals surface area contributed by atoms with Crippen molar-refractivity contribution in [2.45, 2.75) is 64.9 Å². The topological polar surface area (TPSA) is 37.3 Å². The Morgan fingerprint density at radius 2 is 2.00 bits per heavy atom. The van der Waals surface area contributed by atoms with Crippen LogP contribution < -0.4 is 0 Å². The van der Waals surface area contributed by atoms with Gasteiger partial charge in [0.2, 0.25) is 0 Å². The van der Waals surface area contributed by atoms with Gasteiger partial charge in [-0.25, -0.2) is 0 Å². The van der Waals surface area contributed by atoms with E-state index < -0.39 is 6.10 Å². The third kappa shape index (κ3) is 1.96. The van der Waals surface area contributed by atoms with E-state index in [1.165, 1.54) is 19.3 Å². The van der Waals surface area contributed by atoms with Gasteiger partial charge in [0, 0.05) is 12.3 Å². The first-order chi connectivity index (χ1) is 10.9. The molecule has 2 nitrogen and oxygen atoms in total. The number of carbonyl (C=O) groups is 1. The van der Waals surface area contributed by atoms with E-state index in [-0.39, 0.29) is 16.6 Å². The second-order valence-corrected chi connectivity index (χ2v) is 8.95. The predicted molar refractivity (Wildman–Crippen MR) is 90.4 cm³/mol. The number of aliphatic hydroxyl groups excluding tert-OH is 1. The van der Waals surface area contributed by atoms with Crippen LogP contribution in [0.5, 0.6) is 0 Å². The van der Waals surface area contributed by atoms with Crippen molar-refractivity contribution >= 4 is 5.78 Å². The molecule has 3 unspecified atom stereocenters. The molecule has 0 aromatic rings. The summed E-state index contributed by atoms with van der Waals surface area (Å²) in [6.07, 6.45) is 14.3. The summed E-state index contributed by atoms with van der Waals surface area (Å²) in [4.78, 5) is 11.9. The van der Waals surface area contributed by atoms with Crippen LogP contribution in [0, 0.1) is 46.8 Å². The summed E-state index contributed by atoms with van der Waals surface area (Å²) in [7, 11) is 0. The molecule has 0 amide bonds. The highest BCUT2D eigenvalue weighted by Crippen LogP contribution is 2.66. The van der Waals surface area contributed by atoms with Gasteiger partial charge in [0.15, 0.2) is 5.78 Å². The Labute approximate surface area is 139 Å². The van der Waals surface area contributed by atoms with Crippen LogP contribution in [0.1, 0.15) is 58.8 Å². The van der Waals surface area contributed by atoms with Crippen LogP contribution in [0.4, 0.5) is 0 Å². The number of aliphatic hydroxyl groups is 1. The van der Waals surface area contributed by atoms with Gasteiger partial charge in [-0.2, -0.15) is 0 Å². The van der Waals surface area contributed by atoms with Crippen LogP contribution in [-0.2, 0) is 4.79 Å². The Morgan fingerprint density at radius 1 is 1.22 bits per heavy atom. The Hall–Kier alpha value is -1.07. The van der Waals surface area contributed by atoms with Gasteiger partial charge >= 0.3 is 0 Å². The first-order valence-corrected chi connectivity index (χ1v) is 9.29. The maximum absolute atomic E-state index is 11.9. The molecule has 0 radical (unpaired) electrons. The Bertz CT molecular complexity index is 612. The van der Waals surface area contributed by atoms with Crippen LogP contribution in [0.25, 0.3) is 0 Å². The van der Waals surface area contributed by atoms with E-state index in [0.717, 1.165) is 24.8 Å². The van der Waals surface area contributed by atoms with Crippen molar-refractivity contribution in [1.29, 1.82) is 0 Å². The number of terminal acetylenes is 1. The summed E-state index contributed by atoms with van der Waals surface area (Å²) < 4.78 is 0. The Morgan fingerprint density at radius 3 is 2.74 bits per heavy atom. The zero-order valence-electron chi connectivity index (χ0n) is 14.3. The lowest BCUT2D eigenvalue weighted by Gasteiger charge is -2.58. The van der Waals surface area contributed by atoms with E-state index in [9.17, 15) is 9.90 Å². The minimum atomic E-state index is -0.433. The van der Waals surface area contributed by atoms with Gasteiger partial charge in [0.25, 0.3) is 0 Å². The molecule has 3 saturated carbocycles. The van der Waals surface area contributed by atoms with Gasteiger partial charge < -0.3 is 5.11 Å². The number of ketones is 1. The first kappa shape index (κ1) is 15.5. The van der Waals surface area contributed by atoms with Crippen molar-refractivity contribution in [3.8, 4) is 12.3 Å². The summed E-state index contributed by atoms with van der Waals surface area (Å²) in [5, 5.41) is 10.8. The molecule has 0 aromatic carbocycles. The van der Waals surface area contributed by atoms with Gasteiger partial charge in [0.05, 0.1) is 6.10 Å². The highest BCUT2D eigenvalue weighted by atomic mass is 16.3. The molecule has 124 valence electrons. The molecular formula is C21H28O2. The molecule has 7 atom stereocenters. The van der Waals surface area contributed by atoms with Crippen molar-refractivity contribution in [3.63, 3.8) is 0 Å². The number of hydrogen-bond acceptors (Lipinski definition) is 2. The number of fused-ring (bicyclic) bond motifs is 5. The van der Waals surface area contributed by atoms with Crippen LogP contribution in [0.2, 0.25) is 0 Å². The summed E-state index contributed by atoms with van der Waals surface area (Å²) in [6.45, 7) is 4.71. The van der Waals surface area contributed by atoms with Gasteiger partial charge in [-0.1, -0.05) is 13.8 Å². The van der Waals surface area contributed by atoms with Crippen molar-refractivity contribution < 1.29 is 9.90 Å². The zero-order valence-corrected chi connectivity index (χ0v) is 14.3. The average molecular weight is 312 g/mol. The number of rotatable bonds is 0. The lowest BCUT2D eigenvalue weighted by atomic mass is 9.46. The fourth-order valence-corrected chi connectivity index (χ4v) is 6.88. The van der Waals surface area contributed by atoms with Crippen LogP contribution in [-0.4, -0.2) is 17.0 Å². The normalized spacial score (nSPS) is 52.0. The van der Waals surface area contributed by atoms with E-state index in [4.69, 9.17) is 6.42 Å². The third-order valence-electron chi connectivity index (χ3n) is 8.18. The largest absolute Gasteiger partial charge is 0.389 e. The maximum atomic E-state index is 11.9. The van der Waals surface area contributed by atoms with Crippen molar-refractivity contribution in [2.75, 3.05) is 0 Å². The molecule has 0 heterocycles. The lowest BCUT2D eigenvalue weighted by Crippen LogP contribution is -2.53. The van der Waals surface area contributed by atoms with E-state index in [1.54, 1.807) is 6.08 Å². The molecule has 4 aliphatic rings. The van der Waals surface area contributed by atoms with Gasteiger partial charge in [0.1, 0.15) is 0 Å². The average Bonchev–Trinajstić information content (AvgIpc) is 2.86. The lowest BCUT2D eigenvalue weighted by molar-refractivity contribution is -0.119. The molecule has 2 heteroatoms. The monoisotopic (exact) mass is 312 g/mol. The summed E-state index contributed by atoms with van der Waals surface area (Å²) >= 11 is 0. The summed E-state index contributed by atoms with van der Waals surface area (Å²) in [5.41, 5.74) is 1.31. The predicted octanol–water partition coefficient (Wildman–Crippen LogP) is 3.74. The van der Waals surface area contributed by atoms with Gasteiger partial charge in [-0.05, 0) is 78.8 Å². The van der Waals surface area contributed by atoms with Gasteiger partial charge in [-0.3, -0.25) is 4.79 Å². The molecule has 0 aromatic heterocycles. The second kappa shape index (κ2) is 4.96. The standard InChI is InChI=1S/C21H28O2/c1-4-13-5-6-16-15-12-19(23)18-11-14(22)7-9-21(18,3)17(15)8-10-20(13,16)2/h1,11,13,15-17,19,23H,5-10,12H2,2-3H3/t13-,15?,16?,17?,19+,20+,21+/m0/s1. The molecular weight excluding hydrogens is 284 g/mol. The molecule has 0 saturated heterocycles. The molecule has 0 spiro atoms. The second-order valence-electron chi connectivity index (χ2n) is 8.95. The van der Waals surface area contributed by atoms with E-state index in [1.807, 2.05) is 0 Å². The zero-order chi connectivity index (χ0) is 16.4. The fraction of sp³-hybridized carbons (Fsp3) is 0.762. The third-order valence-corrected chi connectivity index (χ3v) is 8.18. The number of carbonyl (C=O) groups excluding carboxylic acids is 1. The molecule has 0 bridgehead atoms. The van der Waals surface area contributed by atoms with Crippen LogP contribution in [0.15, 0.2) is 11.6 Å². The molecule has 23 heavy (non-hydrogen) atoms. The molecule has 0 aliphatic heterocycles. The van der Waals surface area contributed by atoms with Crippen LogP contribution in [0.3, 0.4) is 0 Å². The summed E-state index contributed by atoms with van der Waals surface area (Å²) in [6, 6.07) is 0. The summed E-state index contributed by atoms with van der Waals surface area (Å²) in [5.74, 6) is 5.49. The maximum Gasteiger partial charge on any atom is 0.155 e. The smallest absolute Gasteiger partial charge is 0.155 e. The highest BCUT2D eigenvalue weighted by Gasteiger charge is 2.60. The molecule has 3 fully saturated rings. The van der Waals surface area contributed by atoms with Crippen molar-refractivity contribution in [1.82, 2.24) is 0 Å². The van der Waals surface area contributed by atoms with E-state index in [0.29, 0.717) is 30.1 Å². The number of hydrogen-bond donors (Lipinski definition) is 1. The van der Waals surface area contributed by atoms with Gasteiger partial charge in [-0.15, -0.1) is 12.3 Å². The van der Waals surface area contributed by atoms with E-state index >= 15 is 0 Å². The SMILES string of the molecule is C#C[C@H]1CCC2C3C[C@@H](O)C4=CC(=O)CC[C@]4(C)C3CC[C@@]21C. The van der Waals surface area contributed by atoms with Crippen LogP contribution >= 0.6 is 0 Å². The molecule has 1 N–H and O–H groups in total. The first-order valence-electron chi connectivity index (χ1n) is 9.29. The van der Waals surface area contributed by atoms with Crippen molar-refractivity contribution in [3.05, 3.63) is 11.6 Å². The molecule has 4 aliphatic carbocycles. The quantitative estimate of drug-likeness (QED) is 0.692.